The Kier molecular flexibility index (Phi) is 6.94. The highest BCUT2D eigenvalue weighted by molar-refractivity contribution is 14.1. The van der Waals surface area contributed by atoms with E-state index in [1.807, 2.05) is 22.6 Å². The largest absolute Gasteiger partial charge is 0.489 e. The lowest BCUT2D eigenvalue weighted by Crippen LogP contribution is -2.20. The topological polar surface area (TPSA) is 93.8 Å². The average Bonchev–Trinajstić information content (AvgIpc) is 2.60. The Morgan fingerprint density at radius 1 is 1.36 bits per heavy atom. The van der Waals surface area contributed by atoms with E-state index in [0.717, 1.165) is 12.1 Å². The molecule has 1 N–H and O–H groups in total. The molecule has 7 nitrogen and oxygen atoms in total. The molecule has 0 fully saturated rings. The molecule has 0 unspecified atom stereocenters. The highest BCUT2D eigenvalue weighted by atomic mass is 127. The molecule has 0 radical (unpaired) electrons. The van der Waals surface area contributed by atoms with Crippen molar-refractivity contribution in [3.63, 3.8) is 0 Å². The third kappa shape index (κ3) is 5.65. The number of nitro benzene ring substituents is 1. The molecule has 2 aromatic carbocycles. The molecule has 0 aliphatic rings. The summed E-state index contributed by atoms with van der Waals surface area (Å²) in [7, 11) is 1.31. The second-order valence-electron chi connectivity index (χ2n) is 5.48. The van der Waals surface area contributed by atoms with E-state index in [0.29, 0.717) is 9.13 Å². The molecule has 0 aromatic heterocycles. The van der Waals surface area contributed by atoms with Crippen molar-refractivity contribution in [2.45, 2.75) is 12.6 Å². The zero-order valence-electron chi connectivity index (χ0n) is 14.3. The summed E-state index contributed by atoms with van der Waals surface area (Å²) in [6.07, 6.45) is -3.61. The second-order valence-corrected chi connectivity index (χ2v) is 6.64. The monoisotopic (exact) mass is 507 g/mol. The Hall–Kier alpha value is -2.70. The third-order valence-electron chi connectivity index (χ3n) is 3.47. The number of rotatable bonds is 6. The number of nitrogens with one attached hydrogen (secondary N) is 1. The Bertz CT molecular complexity index is 932. The molecule has 0 saturated heterocycles. The van der Waals surface area contributed by atoms with Gasteiger partial charge in [-0.2, -0.15) is 18.3 Å². The first-order chi connectivity index (χ1) is 13.1. The number of halogens is 4. The number of carbonyl (C=O) groups is 1. The summed E-state index contributed by atoms with van der Waals surface area (Å²) in [6, 6.07) is 7.20. The van der Waals surface area contributed by atoms with Crippen molar-refractivity contribution >= 4 is 40.4 Å². The van der Waals surface area contributed by atoms with Crippen LogP contribution in [0.5, 0.6) is 5.75 Å². The smallest absolute Gasteiger partial charge is 0.416 e. The zero-order valence-corrected chi connectivity index (χ0v) is 16.4. The summed E-state index contributed by atoms with van der Waals surface area (Å²) in [4.78, 5) is 22.4. The first kappa shape index (κ1) is 21.6. The number of hydrogen-bond donors (Lipinski definition) is 1. The highest BCUT2D eigenvalue weighted by Crippen LogP contribution is 2.33. The molecule has 0 aliphatic carbocycles. The van der Waals surface area contributed by atoms with E-state index in [2.05, 4.69) is 10.5 Å². The summed E-state index contributed by atoms with van der Waals surface area (Å²) in [6.45, 7) is 0. The minimum absolute atomic E-state index is 0.108. The predicted molar refractivity (Wildman–Crippen MR) is 103 cm³/mol. The number of amides is 1. The minimum Gasteiger partial charge on any atom is -0.489 e. The van der Waals surface area contributed by atoms with Crippen LogP contribution in [-0.4, -0.2) is 24.2 Å². The van der Waals surface area contributed by atoms with Crippen molar-refractivity contribution in [2.75, 3.05) is 7.11 Å². The molecule has 0 aliphatic heterocycles. The molecule has 11 heteroatoms. The van der Waals surface area contributed by atoms with Crippen LogP contribution in [0.15, 0.2) is 41.5 Å². The summed E-state index contributed by atoms with van der Waals surface area (Å²) in [5.74, 6) is -0.524. The van der Waals surface area contributed by atoms with Crippen molar-refractivity contribution in [1.82, 2.24) is 5.43 Å². The van der Waals surface area contributed by atoms with Crippen LogP contribution in [0.25, 0.3) is 0 Å². The fourth-order valence-corrected chi connectivity index (χ4v) is 3.13. The maximum absolute atomic E-state index is 12.7. The molecule has 0 atom stereocenters. The predicted octanol–water partition coefficient (Wildman–Crippen LogP) is 3.92. The van der Waals surface area contributed by atoms with Gasteiger partial charge in [0.05, 0.1) is 33.8 Å². The lowest BCUT2D eigenvalue weighted by atomic mass is 10.1. The lowest BCUT2D eigenvalue weighted by Gasteiger charge is -2.08. The molecule has 0 saturated carbocycles. The van der Waals surface area contributed by atoms with Gasteiger partial charge in [-0.15, -0.1) is 0 Å². The quantitative estimate of drug-likeness (QED) is 0.278. The van der Waals surface area contributed by atoms with Gasteiger partial charge in [-0.1, -0.05) is 18.2 Å². The first-order valence-electron chi connectivity index (χ1n) is 7.61. The third-order valence-corrected chi connectivity index (χ3v) is 4.27. The molecular formula is C17H13F3IN3O4. The van der Waals surface area contributed by atoms with Gasteiger partial charge in [0.1, 0.15) is 0 Å². The molecule has 0 bridgehead atoms. The van der Waals surface area contributed by atoms with E-state index in [1.165, 1.54) is 31.5 Å². The van der Waals surface area contributed by atoms with Crippen LogP contribution in [-0.2, 0) is 17.4 Å². The second kappa shape index (κ2) is 8.99. The maximum Gasteiger partial charge on any atom is 0.416 e. The highest BCUT2D eigenvalue weighted by Gasteiger charge is 2.30. The molecule has 2 rings (SSSR count). The van der Waals surface area contributed by atoms with E-state index in [9.17, 15) is 28.1 Å². The summed E-state index contributed by atoms with van der Waals surface area (Å²) < 4.78 is 43.5. The average molecular weight is 507 g/mol. The van der Waals surface area contributed by atoms with Crippen molar-refractivity contribution in [3.8, 4) is 5.75 Å². The Balaban J connectivity index is 2.07. The normalized spacial score (nSPS) is 11.5. The van der Waals surface area contributed by atoms with E-state index in [4.69, 9.17) is 4.74 Å². The van der Waals surface area contributed by atoms with Gasteiger partial charge in [-0.05, 0) is 40.3 Å². The number of hydrogen-bond acceptors (Lipinski definition) is 5. The molecule has 2 aromatic rings. The van der Waals surface area contributed by atoms with Crippen LogP contribution >= 0.6 is 22.6 Å². The summed E-state index contributed by atoms with van der Waals surface area (Å²) in [5.41, 5.74) is 1.60. The minimum atomic E-state index is -4.50. The van der Waals surface area contributed by atoms with E-state index in [-0.39, 0.29) is 23.4 Å². The number of carbonyl (C=O) groups excluding carboxylic acids is 1. The lowest BCUT2D eigenvalue weighted by molar-refractivity contribution is -0.385. The molecule has 0 spiro atoms. The van der Waals surface area contributed by atoms with E-state index < -0.39 is 22.6 Å². The first-order valence-corrected chi connectivity index (χ1v) is 8.69. The van der Waals surface area contributed by atoms with Gasteiger partial charge in [-0.25, -0.2) is 5.43 Å². The van der Waals surface area contributed by atoms with E-state index in [1.54, 1.807) is 6.07 Å². The van der Waals surface area contributed by atoms with Gasteiger partial charge in [0.2, 0.25) is 11.7 Å². The van der Waals surface area contributed by atoms with Crippen molar-refractivity contribution in [1.29, 1.82) is 0 Å². The van der Waals surface area contributed by atoms with Gasteiger partial charge < -0.3 is 4.74 Å². The molecule has 1 amide bonds. The number of benzene rings is 2. The van der Waals surface area contributed by atoms with Crippen LogP contribution in [0.2, 0.25) is 0 Å². The van der Waals surface area contributed by atoms with Crippen LogP contribution in [0.1, 0.15) is 16.7 Å². The molecule has 28 heavy (non-hydrogen) atoms. The Labute approximate surface area is 170 Å². The number of nitrogens with zero attached hydrogens (tertiary/aromatic N) is 2. The van der Waals surface area contributed by atoms with Crippen LogP contribution in [0, 0.1) is 13.7 Å². The summed E-state index contributed by atoms with van der Waals surface area (Å²) >= 11 is 1.86. The van der Waals surface area contributed by atoms with Gasteiger partial charge >= 0.3 is 11.9 Å². The SMILES string of the molecule is COc1c(I)cc(/C=N/NC(=O)Cc2cccc(C(F)(F)F)c2)cc1[N+](=O)[O-]. The maximum atomic E-state index is 12.7. The molecule has 148 valence electrons. The fourth-order valence-electron chi connectivity index (χ4n) is 2.27. The number of methoxy groups -OCH3 is 1. The number of alkyl halides is 3. The zero-order chi connectivity index (χ0) is 20.9. The summed E-state index contributed by atoms with van der Waals surface area (Å²) in [5, 5.41) is 14.8. The number of ether oxygens (including phenoxy) is 1. The fraction of sp³-hybridized carbons (Fsp3) is 0.176. The number of nitro groups is 1. The Morgan fingerprint density at radius 2 is 2.07 bits per heavy atom. The van der Waals surface area contributed by atoms with Gasteiger partial charge in [0, 0.05) is 11.6 Å². The van der Waals surface area contributed by atoms with Crippen LogP contribution < -0.4 is 10.2 Å². The molecular weight excluding hydrogens is 494 g/mol. The van der Waals surface area contributed by atoms with Crippen LogP contribution in [0.4, 0.5) is 18.9 Å². The van der Waals surface area contributed by atoms with Gasteiger partial charge in [0.25, 0.3) is 0 Å². The van der Waals surface area contributed by atoms with Crippen molar-refractivity contribution in [2.24, 2.45) is 5.10 Å². The van der Waals surface area contributed by atoms with Crippen molar-refractivity contribution in [3.05, 3.63) is 66.8 Å². The number of hydrazone groups is 1. The van der Waals surface area contributed by atoms with Crippen molar-refractivity contribution < 1.29 is 27.6 Å². The Morgan fingerprint density at radius 3 is 2.68 bits per heavy atom. The van der Waals surface area contributed by atoms with E-state index >= 15 is 0 Å². The van der Waals surface area contributed by atoms with Gasteiger partial charge in [-0.3, -0.25) is 14.9 Å². The van der Waals surface area contributed by atoms with Gasteiger partial charge in [0.15, 0.2) is 0 Å². The molecule has 0 heterocycles. The standard InChI is InChI=1S/C17H13F3IN3O4/c1-28-16-13(21)6-11(7-14(16)24(26)27)9-22-23-15(25)8-10-3-2-4-12(5-10)17(18,19)20/h2-7,9H,8H2,1H3,(H,23,25)/b22-9+. The van der Waals surface area contributed by atoms with Crippen LogP contribution in [0.3, 0.4) is 0 Å².